The summed E-state index contributed by atoms with van der Waals surface area (Å²) in [5.74, 6) is 2.49. The lowest BCUT2D eigenvalue weighted by Crippen LogP contribution is -2.70. The monoisotopic (exact) mass is 542 g/mol. The number of rotatable bonds is 4. The van der Waals surface area contributed by atoms with Crippen LogP contribution in [0, 0.1) is 29.5 Å². The first-order valence-electron chi connectivity index (χ1n) is 13.1. The Morgan fingerprint density at radius 1 is 1.00 bits per heavy atom. The Hall–Kier alpha value is -5.48. The van der Waals surface area contributed by atoms with E-state index in [9.17, 15) is 14.4 Å². The van der Waals surface area contributed by atoms with E-state index in [1.165, 1.54) is 18.2 Å². The summed E-state index contributed by atoms with van der Waals surface area (Å²) < 4.78 is 17.3. The highest BCUT2D eigenvalue weighted by Gasteiger charge is 2.47. The molecule has 3 saturated heterocycles. The van der Waals surface area contributed by atoms with Crippen LogP contribution in [0.15, 0.2) is 67.4 Å². The molecule has 0 radical (unpaired) electrons. The number of fused-ring (bicyclic) bond motifs is 3. The van der Waals surface area contributed by atoms with Crippen LogP contribution in [0.1, 0.15) is 27.9 Å². The predicted molar refractivity (Wildman–Crippen MR) is 150 cm³/mol. The molecule has 3 fully saturated rings. The molecule has 8 rings (SSSR count). The predicted octanol–water partition coefficient (Wildman–Crippen LogP) is 3.89. The van der Waals surface area contributed by atoms with Crippen LogP contribution < -0.4 is 4.90 Å². The zero-order valence-corrected chi connectivity index (χ0v) is 22.1. The van der Waals surface area contributed by atoms with Crippen LogP contribution >= 0.6 is 0 Å². The molecule has 0 spiro atoms. The van der Waals surface area contributed by atoms with E-state index in [-0.39, 0.29) is 23.6 Å². The Bertz CT molecular complexity index is 1910. The van der Waals surface area contributed by atoms with E-state index >= 15 is 0 Å². The summed E-state index contributed by atoms with van der Waals surface area (Å²) in [4.78, 5) is 22.0. The molecule has 0 aliphatic carbocycles. The highest BCUT2D eigenvalue weighted by molar-refractivity contribution is 5.96. The second-order valence-electron chi connectivity index (χ2n) is 10.4. The van der Waals surface area contributed by atoms with Crippen molar-refractivity contribution in [3.05, 3.63) is 89.9 Å². The number of halogens is 1. The molecule has 3 aliphatic rings. The molecular formula is C31H23FN8O. The fourth-order valence-electron chi connectivity index (χ4n) is 5.93. The summed E-state index contributed by atoms with van der Waals surface area (Å²) in [5, 5.41) is 18.4. The van der Waals surface area contributed by atoms with Gasteiger partial charge in [0.15, 0.2) is 0 Å². The summed E-state index contributed by atoms with van der Waals surface area (Å²) in [6.07, 6.45) is 15.3. The zero-order valence-electron chi connectivity index (χ0n) is 22.1. The van der Waals surface area contributed by atoms with Crippen molar-refractivity contribution >= 4 is 17.2 Å². The smallest absolute Gasteiger partial charge is 0.254 e. The van der Waals surface area contributed by atoms with Gasteiger partial charge in [0.1, 0.15) is 17.7 Å². The first-order chi connectivity index (χ1) is 19.9. The van der Waals surface area contributed by atoms with Crippen LogP contribution in [0.25, 0.3) is 27.8 Å². The molecule has 9 nitrogen and oxygen atoms in total. The van der Waals surface area contributed by atoms with Gasteiger partial charge in [-0.05, 0) is 42.8 Å². The Morgan fingerprint density at radius 2 is 1.83 bits per heavy atom. The van der Waals surface area contributed by atoms with Gasteiger partial charge in [-0.3, -0.25) is 9.48 Å². The lowest BCUT2D eigenvalue weighted by molar-refractivity contribution is 0.00576. The van der Waals surface area contributed by atoms with E-state index in [4.69, 9.17) is 11.4 Å². The fourth-order valence-corrected chi connectivity index (χ4v) is 5.93. The maximum Gasteiger partial charge on any atom is 0.254 e. The molecule has 200 valence electrons. The molecule has 10 heteroatoms. The number of nitrogens with zero attached hydrogens (tertiary/aromatic N) is 8. The van der Waals surface area contributed by atoms with Crippen LogP contribution in [-0.4, -0.2) is 60.4 Å². The van der Waals surface area contributed by atoms with Crippen LogP contribution in [0.4, 0.5) is 10.2 Å². The number of hydrogen-bond acceptors (Lipinski definition) is 6. The van der Waals surface area contributed by atoms with Crippen molar-refractivity contribution in [1.29, 1.82) is 5.26 Å². The number of hydrogen-bond donors (Lipinski definition) is 0. The number of amides is 1. The summed E-state index contributed by atoms with van der Waals surface area (Å²) in [6.45, 7) is 1.30. The zero-order chi connectivity index (χ0) is 28.2. The molecular weight excluding hydrogens is 519 g/mol. The van der Waals surface area contributed by atoms with Crippen LogP contribution in [0.5, 0.6) is 0 Å². The molecule has 3 aliphatic heterocycles. The first-order valence-corrected chi connectivity index (χ1v) is 13.1. The average Bonchev–Trinajstić information content (AvgIpc) is 3.63. The van der Waals surface area contributed by atoms with Crippen molar-refractivity contribution in [2.24, 2.45) is 7.05 Å². The van der Waals surface area contributed by atoms with Gasteiger partial charge in [0.2, 0.25) is 0 Å². The molecule has 41 heavy (non-hydrogen) atoms. The molecule has 1 amide bonds. The van der Waals surface area contributed by atoms with Gasteiger partial charge in [0, 0.05) is 66.5 Å². The maximum atomic E-state index is 13.8. The number of piperazine rings is 1. The number of aryl methyl sites for hydroxylation is 1. The molecule has 4 aromatic heterocycles. The number of anilines is 1. The van der Waals surface area contributed by atoms with E-state index in [2.05, 4.69) is 27.1 Å². The Balaban J connectivity index is 1.14. The third-order valence-electron chi connectivity index (χ3n) is 7.95. The second-order valence-corrected chi connectivity index (χ2v) is 10.4. The summed E-state index contributed by atoms with van der Waals surface area (Å²) >= 11 is 0. The summed E-state index contributed by atoms with van der Waals surface area (Å²) in [6, 6.07) is 12.5. The molecule has 5 aromatic rings. The molecule has 7 heterocycles. The number of carbonyl (C=O) groups excluding carboxylic acids is 1. The third-order valence-corrected chi connectivity index (χ3v) is 7.95. The Kier molecular flexibility index (Phi) is 5.58. The van der Waals surface area contributed by atoms with Crippen LogP contribution in [0.3, 0.4) is 0 Å². The maximum absolute atomic E-state index is 13.8. The fraction of sp³-hybridized carbons (Fsp3) is 0.194. The topological polar surface area (TPSA) is 95.4 Å². The Morgan fingerprint density at radius 3 is 2.51 bits per heavy atom. The number of benzene rings is 1. The van der Waals surface area contributed by atoms with Gasteiger partial charge in [-0.15, -0.1) is 6.42 Å². The largest absolute Gasteiger partial charge is 0.352 e. The van der Waals surface area contributed by atoms with Crippen LogP contribution in [0.2, 0.25) is 0 Å². The highest BCUT2D eigenvalue weighted by Crippen LogP contribution is 2.37. The third kappa shape index (κ3) is 4.00. The summed E-state index contributed by atoms with van der Waals surface area (Å²) in [5.41, 5.74) is 5.28. The minimum Gasteiger partial charge on any atom is -0.352 e. The van der Waals surface area contributed by atoms with Crippen molar-refractivity contribution < 1.29 is 9.18 Å². The number of nitriles is 1. The molecule has 0 saturated carbocycles. The van der Waals surface area contributed by atoms with Crippen LogP contribution in [-0.2, 0) is 7.05 Å². The number of pyridine rings is 2. The van der Waals surface area contributed by atoms with E-state index in [1.807, 2.05) is 48.7 Å². The van der Waals surface area contributed by atoms with Crippen molar-refractivity contribution in [1.82, 2.24) is 29.3 Å². The highest BCUT2D eigenvalue weighted by atomic mass is 19.1. The number of aromatic nitrogens is 5. The lowest BCUT2D eigenvalue weighted by atomic mass is 9.86. The van der Waals surface area contributed by atoms with E-state index in [0.29, 0.717) is 24.2 Å². The van der Waals surface area contributed by atoms with Gasteiger partial charge in [-0.1, -0.05) is 5.92 Å². The van der Waals surface area contributed by atoms with Gasteiger partial charge in [-0.2, -0.15) is 15.5 Å². The van der Waals surface area contributed by atoms with Crippen molar-refractivity contribution in [2.45, 2.75) is 18.5 Å². The first kappa shape index (κ1) is 24.6. The van der Waals surface area contributed by atoms with Gasteiger partial charge in [0.05, 0.1) is 41.1 Å². The van der Waals surface area contributed by atoms with E-state index < -0.39 is 5.82 Å². The number of carbonyl (C=O) groups is 1. The van der Waals surface area contributed by atoms with E-state index in [1.54, 1.807) is 21.6 Å². The Labute approximate surface area is 235 Å². The molecule has 2 unspecified atom stereocenters. The van der Waals surface area contributed by atoms with Gasteiger partial charge < -0.3 is 9.80 Å². The normalized spacial score (nSPS) is 17.7. The van der Waals surface area contributed by atoms with E-state index in [0.717, 1.165) is 40.0 Å². The van der Waals surface area contributed by atoms with Crippen molar-refractivity contribution in [3.63, 3.8) is 0 Å². The van der Waals surface area contributed by atoms with Gasteiger partial charge in [-0.25, -0.2) is 13.9 Å². The average molecular weight is 543 g/mol. The minimum atomic E-state index is -0.504. The van der Waals surface area contributed by atoms with Gasteiger partial charge in [0.25, 0.3) is 5.91 Å². The summed E-state index contributed by atoms with van der Waals surface area (Å²) in [7, 11) is 1.87. The number of terminal acetylenes is 1. The minimum absolute atomic E-state index is 0.0443. The quantitative estimate of drug-likeness (QED) is 0.320. The number of piperidine rings is 1. The molecule has 1 aromatic carbocycles. The second kappa shape index (κ2) is 9.32. The molecule has 2 bridgehead atoms. The van der Waals surface area contributed by atoms with Crippen molar-refractivity contribution in [2.75, 3.05) is 18.0 Å². The SMILES string of the molecule is C#Cc1cc(C(=O)N2C3CC2CN(c2ccc(-c4cc(-c5cnn(C)c5)cn5ncc(C#N)c45)cn2)C3)ccc1F. The molecule has 2 atom stereocenters. The van der Waals surface area contributed by atoms with Crippen molar-refractivity contribution in [3.8, 4) is 40.7 Å². The van der Waals surface area contributed by atoms with Gasteiger partial charge >= 0.3 is 0 Å². The lowest BCUT2D eigenvalue weighted by Gasteiger charge is -2.56. The molecule has 0 N–H and O–H groups in total. The standard InChI is InChI=1S/C31H23FN8O/c1-3-19-8-20(4-6-28(19)32)31(41)40-25-10-26(40)18-38(17-25)29-7-5-21(12-34-29)27-9-22(24-14-35-37(2)15-24)16-39-30(27)23(11-33)13-36-39/h1,4-9,12-16,25-26H,10,17-18H2,2H3.